The quantitative estimate of drug-likeness (QED) is 0.577. The van der Waals surface area contributed by atoms with Gasteiger partial charge in [0.05, 0.1) is 4.92 Å². The fourth-order valence-electron chi connectivity index (χ4n) is 1.47. The van der Waals surface area contributed by atoms with E-state index in [2.05, 4.69) is 4.72 Å². The highest BCUT2D eigenvalue weighted by atomic mass is 32.2. The highest BCUT2D eigenvalue weighted by Crippen LogP contribution is 2.27. The molecule has 0 spiro atoms. The Kier molecular flexibility index (Phi) is 5.20. The molecule has 0 radical (unpaired) electrons. The average Bonchev–Trinajstić information content (AvgIpc) is 2.76. The molecule has 0 bridgehead atoms. The molecule has 0 aliphatic rings. The van der Waals surface area contributed by atoms with Crippen molar-refractivity contribution in [3.63, 3.8) is 0 Å². The molecule has 0 aromatic carbocycles. The summed E-state index contributed by atoms with van der Waals surface area (Å²) < 4.78 is 25.7. The molecule has 1 aromatic heterocycles. The molecule has 1 atom stereocenters. The van der Waals surface area contributed by atoms with Gasteiger partial charge in [0.15, 0.2) is 0 Å². The number of carbonyl (C=O) groups is 1. The summed E-state index contributed by atoms with van der Waals surface area (Å²) in [7, 11) is -4.08. The van der Waals surface area contributed by atoms with E-state index >= 15 is 0 Å². The van der Waals surface area contributed by atoms with Crippen molar-refractivity contribution in [2.45, 2.75) is 30.5 Å². The van der Waals surface area contributed by atoms with Crippen molar-refractivity contribution in [1.29, 1.82) is 0 Å². The van der Waals surface area contributed by atoms with Gasteiger partial charge in [0.25, 0.3) is 10.0 Å². The third-order valence-corrected chi connectivity index (χ3v) is 5.31. The van der Waals surface area contributed by atoms with Crippen LogP contribution < -0.4 is 4.72 Å². The molecule has 0 aliphatic heterocycles. The van der Waals surface area contributed by atoms with Crippen molar-refractivity contribution in [2.75, 3.05) is 0 Å². The smallest absolute Gasteiger partial charge is 0.325 e. The first-order valence-electron chi connectivity index (χ1n) is 5.63. The molecule has 2 N–H and O–H groups in total. The van der Waals surface area contributed by atoms with Gasteiger partial charge in [-0.2, -0.15) is 4.72 Å². The summed E-state index contributed by atoms with van der Waals surface area (Å²) in [6.07, 6.45) is 0.127. The molecule has 0 fully saturated rings. The van der Waals surface area contributed by atoms with Crippen molar-refractivity contribution in [3.05, 3.63) is 22.2 Å². The molecule has 1 aromatic rings. The van der Waals surface area contributed by atoms with Gasteiger partial charge in [-0.1, -0.05) is 13.8 Å². The molecular weight excluding hydrogens is 308 g/mol. The van der Waals surface area contributed by atoms with Gasteiger partial charge >= 0.3 is 11.0 Å². The van der Waals surface area contributed by atoms with Crippen molar-refractivity contribution in [3.8, 4) is 0 Å². The van der Waals surface area contributed by atoms with Crippen molar-refractivity contribution >= 4 is 32.3 Å². The van der Waals surface area contributed by atoms with Crippen LogP contribution in [-0.4, -0.2) is 30.5 Å². The lowest BCUT2D eigenvalue weighted by Gasteiger charge is -2.15. The summed E-state index contributed by atoms with van der Waals surface area (Å²) in [5.41, 5.74) is 0. The molecule has 0 unspecified atom stereocenters. The number of carboxylic acids is 1. The first-order chi connectivity index (χ1) is 9.13. The van der Waals surface area contributed by atoms with E-state index in [0.29, 0.717) is 11.3 Å². The second-order valence-corrected chi connectivity index (χ2v) is 7.49. The third kappa shape index (κ3) is 4.25. The van der Waals surface area contributed by atoms with Crippen LogP contribution >= 0.6 is 11.3 Å². The van der Waals surface area contributed by atoms with E-state index in [0.717, 1.165) is 12.1 Å². The maximum Gasteiger partial charge on any atom is 0.325 e. The SMILES string of the molecule is CC(C)C[C@H](NS(=O)(=O)c1ccc([N+](=O)[O-])s1)C(=O)O. The summed E-state index contributed by atoms with van der Waals surface area (Å²) in [4.78, 5) is 20.8. The number of nitrogens with one attached hydrogen (secondary N) is 1. The molecule has 0 saturated carbocycles. The molecular formula is C10H14N2O6S2. The lowest BCUT2D eigenvalue weighted by atomic mass is 10.1. The van der Waals surface area contributed by atoms with Crippen LogP contribution in [0.3, 0.4) is 0 Å². The van der Waals surface area contributed by atoms with Crippen LogP contribution in [0.1, 0.15) is 20.3 Å². The molecule has 20 heavy (non-hydrogen) atoms. The molecule has 112 valence electrons. The molecule has 8 nitrogen and oxygen atoms in total. The van der Waals surface area contributed by atoms with E-state index < -0.39 is 27.0 Å². The van der Waals surface area contributed by atoms with Gasteiger partial charge in [-0.3, -0.25) is 14.9 Å². The second-order valence-electron chi connectivity index (χ2n) is 4.49. The highest BCUT2D eigenvalue weighted by Gasteiger charge is 2.28. The molecule has 0 saturated heterocycles. The van der Waals surface area contributed by atoms with Gasteiger partial charge < -0.3 is 5.11 Å². The Hall–Kier alpha value is -1.52. The molecule has 0 aliphatic carbocycles. The van der Waals surface area contributed by atoms with E-state index in [4.69, 9.17) is 5.11 Å². The normalized spacial score (nSPS) is 13.3. The van der Waals surface area contributed by atoms with Crippen LogP contribution in [0.25, 0.3) is 0 Å². The molecule has 1 rings (SSSR count). The monoisotopic (exact) mass is 322 g/mol. The number of sulfonamides is 1. The van der Waals surface area contributed by atoms with Crippen LogP contribution in [-0.2, 0) is 14.8 Å². The zero-order chi connectivity index (χ0) is 15.5. The zero-order valence-corrected chi connectivity index (χ0v) is 12.4. The van der Waals surface area contributed by atoms with E-state index in [9.17, 15) is 23.3 Å². The van der Waals surface area contributed by atoms with Crippen LogP contribution in [0.5, 0.6) is 0 Å². The Morgan fingerprint density at radius 2 is 2.10 bits per heavy atom. The number of carboxylic acid groups (broad SMARTS) is 1. The Morgan fingerprint density at radius 1 is 1.50 bits per heavy atom. The number of thiophene rings is 1. The van der Waals surface area contributed by atoms with Crippen molar-refractivity contribution in [2.24, 2.45) is 5.92 Å². The predicted molar refractivity (Wildman–Crippen MR) is 72.2 cm³/mol. The fourth-order valence-corrected chi connectivity index (χ4v) is 3.80. The molecule has 10 heteroatoms. The first kappa shape index (κ1) is 16.5. The Bertz CT molecular complexity index is 607. The third-order valence-electron chi connectivity index (χ3n) is 2.31. The highest BCUT2D eigenvalue weighted by molar-refractivity contribution is 7.91. The number of aliphatic carboxylic acids is 1. The molecule has 0 amide bonds. The summed E-state index contributed by atoms with van der Waals surface area (Å²) in [5.74, 6) is -1.30. The standard InChI is InChI=1S/C10H14N2O6S2/c1-6(2)5-7(10(13)14)11-20(17,18)9-4-3-8(19-9)12(15)16/h3-4,6-7,11H,5H2,1-2H3,(H,13,14)/t7-/m0/s1. The van der Waals surface area contributed by atoms with Crippen LogP contribution in [0.15, 0.2) is 16.3 Å². The minimum absolute atomic E-state index is 0.0172. The second kappa shape index (κ2) is 6.29. The van der Waals surface area contributed by atoms with Crippen molar-refractivity contribution in [1.82, 2.24) is 4.72 Å². The predicted octanol–water partition coefficient (Wildman–Crippen LogP) is 1.43. The van der Waals surface area contributed by atoms with E-state index in [-0.39, 0.29) is 21.5 Å². The van der Waals surface area contributed by atoms with Crippen molar-refractivity contribution < 1.29 is 23.2 Å². The maximum absolute atomic E-state index is 12.0. The number of hydrogen-bond donors (Lipinski definition) is 2. The van der Waals surface area contributed by atoms with Crippen LogP contribution in [0.2, 0.25) is 0 Å². The van der Waals surface area contributed by atoms with Crippen LogP contribution in [0.4, 0.5) is 5.00 Å². The van der Waals surface area contributed by atoms with Gasteiger partial charge in [0.1, 0.15) is 10.3 Å². The number of rotatable bonds is 7. The minimum atomic E-state index is -4.08. The summed E-state index contributed by atoms with van der Waals surface area (Å²) in [6, 6.07) is 0.887. The number of hydrogen-bond acceptors (Lipinski definition) is 6. The van der Waals surface area contributed by atoms with E-state index in [1.807, 2.05) is 0 Å². The van der Waals surface area contributed by atoms with E-state index in [1.54, 1.807) is 13.8 Å². The Morgan fingerprint density at radius 3 is 2.50 bits per heavy atom. The lowest BCUT2D eigenvalue weighted by Crippen LogP contribution is -2.41. The van der Waals surface area contributed by atoms with Gasteiger partial charge in [-0.25, -0.2) is 8.42 Å². The van der Waals surface area contributed by atoms with Gasteiger partial charge in [0.2, 0.25) is 0 Å². The van der Waals surface area contributed by atoms with Crippen LogP contribution in [0, 0.1) is 16.0 Å². The van der Waals surface area contributed by atoms with Gasteiger partial charge in [-0.15, -0.1) is 0 Å². The minimum Gasteiger partial charge on any atom is -0.480 e. The maximum atomic E-state index is 12.0. The number of nitrogens with zero attached hydrogens (tertiary/aromatic N) is 1. The fraction of sp³-hybridized carbons (Fsp3) is 0.500. The Balaban J connectivity index is 2.97. The Labute approximate surface area is 119 Å². The van der Waals surface area contributed by atoms with E-state index in [1.165, 1.54) is 0 Å². The summed E-state index contributed by atoms with van der Waals surface area (Å²) >= 11 is 0.478. The van der Waals surface area contributed by atoms with Gasteiger partial charge in [-0.05, 0) is 29.7 Å². The average molecular weight is 322 g/mol. The lowest BCUT2D eigenvalue weighted by molar-refractivity contribution is -0.380. The molecule has 1 heterocycles. The topological polar surface area (TPSA) is 127 Å². The van der Waals surface area contributed by atoms with Gasteiger partial charge in [0, 0.05) is 6.07 Å². The summed E-state index contributed by atoms with van der Waals surface area (Å²) in [6.45, 7) is 3.53. The zero-order valence-electron chi connectivity index (χ0n) is 10.8. The number of nitro groups is 1. The first-order valence-corrected chi connectivity index (χ1v) is 7.93. The largest absolute Gasteiger partial charge is 0.480 e. The summed E-state index contributed by atoms with van der Waals surface area (Å²) in [5, 5.41) is 19.2.